The van der Waals surface area contributed by atoms with Crippen LogP contribution in [0.2, 0.25) is 0 Å². The monoisotopic (exact) mass is 191 g/mol. The fraction of sp³-hybridized carbons (Fsp3) is 0.273. The standard InChI is InChI=1S/C11H13NO2/c13-10-4-3-8(6-11(10)14)9-2-1-5-12-7-9/h2-4,6,12-14H,1,5,7H2. The molecule has 0 bridgehead atoms. The molecule has 1 heterocycles. The third kappa shape index (κ3) is 1.72. The summed E-state index contributed by atoms with van der Waals surface area (Å²) in [7, 11) is 0. The number of hydrogen-bond acceptors (Lipinski definition) is 3. The second kappa shape index (κ2) is 3.72. The molecule has 0 radical (unpaired) electrons. The molecular weight excluding hydrogens is 178 g/mol. The van der Waals surface area contributed by atoms with E-state index < -0.39 is 0 Å². The summed E-state index contributed by atoms with van der Waals surface area (Å²) in [6, 6.07) is 4.92. The Kier molecular flexibility index (Phi) is 2.41. The van der Waals surface area contributed by atoms with E-state index in [1.54, 1.807) is 6.07 Å². The van der Waals surface area contributed by atoms with Crippen LogP contribution in [0.1, 0.15) is 12.0 Å². The first-order valence-electron chi connectivity index (χ1n) is 4.69. The summed E-state index contributed by atoms with van der Waals surface area (Å²) in [6.07, 6.45) is 3.17. The van der Waals surface area contributed by atoms with Crippen LogP contribution in [0.25, 0.3) is 5.57 Å². The van der Waals surface area contributed by atoms with Crippen molar-refractivity contribution in [3.8, 4) is 11.5 Å². The van der Waals surface area contributed by atoms with Gasteiger partial charge in [0.2, 0.25) is 0 Å². The van der Waals surface area contributed by atoms with Gasteiger partial charge in [-0.25, -0.2) is 0 Å². The molecule has 0 spiro atoms. The Bertz CT molecular complexity index is 372. The molecule has 0 aliphatic carbocycles. The smallest absolute Gasteiger partial charge is 0.158 e. The molecule has 74 valence electrons. The third-order valence-electron chi connectivity index (χ3n) is 2.37. The summed E-state index contributed by atoms with van der Waals surface area (Å²) >= 11 is 0. The van der Waals surface area contributed by atoms with Crippen LogP contribution in [0.3, 0.4) is 0 Å². The van der Waals surface area contributed by atoms with Gasteiger partial charge in [0.1, 0.15) is 0 Å². The van der Waals surface area contributed by atoms with Crippen LogP contribution in [0.5, 0.6) is 11.5 Å². The number of phenolic OH excluding ortho intramolecular Hbond substituents is 2. The molecule has 14 heavy (non-hydrogen) atoms. The maximum Gasteiger partial charge on any atom is 0.158 e. The van der Waals surface area contributed by atoms with Crippen molar-refractivity contribution in [2.75, 3.05) is 13.1 Å². The molecule has 0 unspecified atom stereocenters. The van der Waals surface area contributed by atoms with Crippen LogP contribution in [0.4, 0.5) is 0 Å². The van der Waals surface area contributed by atoms with Crippen LogP contribution in [-0.2, 0) is 0 Å². The maximum absolute atomic E-state index is 9.33. The highest BCUT2D eigenvalue weighted by Crippen LogP contribution is 2.28. The first kappa shape index (κ1) is 9.09. The summed E-state index contributed by atoms with van der Waals surface area (Å²) in [5.74, 6) is -0.132. The largest absolute Gasteiger partial charge is 0.504 e. The lowest BCUT2D eigenvalue weighted by molar-refractivity contribution is 0.403. The highest BCUT2D eigenvalue weighted by Gasteiger charge is 2.07. The highest BCUT2D eigenvalue weighted by molar-refractivity contribution is 5.69. The zero-order valence-corrected chi connectivity index (χ0v) is 7.83. The molecule has 1 aliphatic rings. The van der Waals surface area contributed by atoms with Crippen molar-refractivity contribution in [3.05, 3.63) is 29.8 Å². The highest BCUT2D eigenvalue weighted by atomic mass is 16.3. The second-order valence-electron chi connectivity index (χ2n) is 3.40. The topological polar surface area (TPSA) is 52.5 Å². The molecule has 3 heteroatoms. The lowest BCUT2D eigenvalue weighted by Gasteiger charge is -2.14. The van der Waals surface area contributed by atoms with Gasteiger partial charge in [-0.1, -0.05) is 12.1 Å². The van der Waals surface area contributed by atoms with E-state index in [4.69, 9.17) is 5.11 Å². The molecule has 0 atom stereocenters. The summed E-state index contributed by atoms with van der Waals surface area (Å²) in [5.41, 5.74) is 2.14. The van der Waals surface area contributed by atoms with E-state index in [1.165, 1.54) is 11.6 Å². The van der Waals surface area contributed by atoms with E-state index in [0.717, 1.165) is 25.1 Å². The van der Waals surface area contributed by atoms with Gasteiger partial charge in [0.25, 0.3) is 0 Å². The molecule has 0 fully saturated rings. The quantitative estimate of drug-likeness (QED) is 0.589. The fourth-order valence-electron chi connectivity index (χ4n) is 1.59. The lowest BCUT2D eigenvalue weighted by atomic mass is 10.0. The van der Waals surface area contributed by atoms with E-state index in [-0.39, 0.29) is 11.5 Å². The molecule has 0 amide bonds. The second-order valence-corrected chi connectivity index (χ2v) is 3.40. The zero-order valence-electron chi connectivity index (χ0n) is 7.83. The van der Waals surface area contributed by atoms with Crippen molar-refractivity contribution < 1.29 is 10.2 Å². The third-order valence-corrected chi connectivity index (χ3v) is 2.37. The van der Waals surface area contributed by atoms with E-state index in [2.05, 4.69) is 11.4 Å². The van der Waals surface area contributed by atoms with Crippen molar-refractivity contribution in [2.45, 2.75) is 6.42 Å². The minimum atomic E-state index is -0.0712. The van der Waals surface area contributed by atoms with Crippen LogP contribution < -0.4 is 5.32 Å². The lowest BCUT2D eigenvalue weighted by Crippen LogP contribution is -2.21. The summed E-state index contributed by atoms with van der Waals surface area (Å²) in [4.78, 5) is 0. The SMILES string of the molecule is Oc1ccc(C2=CCCNC2)cc1O. The van der Waals surface area contributed by atoms with E-state index in [1.807, 2.05) is 6.07 Å². The van der Waals surface area contributed by atoms with Crippen LogP contribution >= 0.6 is 0 Å². The Labute approximate surface area is 82.7 Å². The average molecular weight is 191 g/mol. The van der Waals surface area contributed by atoms with Gasteiger partial charge < -0.3 is 15.5 Å². The summed E-state index contributed by atoms with van der Waals surface area (Å²) < 4.78 is 0. The zero-order chi connectivity index (χ0) is 9.97. The molecule has 0 aromatic heterocycles. The molecular formula is C11H13NO2. The van der Waals surface area contributed by atoms with Gasteiger partial charge in [0.05, 0.1) is 0 Å². The van der Waals surface area contributed by atoms with E-state index in [0.29, 0.717) is 0 Å². The van der Waals surface area contributed by atoms with Crippen molar-refractivity contribution in [3.63, 3.8) is 0 Å². The molecule has 2 rings (SSSR count). The average Bonchev–Trinajstić information content (AvgIpc) is 2.23. The Hall–Kier alpha value is -1.48. The maximum atomic E-state index is 9.33. The fourth-order valence-corrected chi connectivity index (χ4v) is 1.59. The molecule has 0 saturated carbocycles. The number of phenols is 2. The van der Waals surface area contributed by atoms with Gasteiger partial charge in [0, 0.05) is 6.54 Å². The van der Waals surface area contributed by atoms with Crippen molar-refractivity contribution in [1.29, 1.82) is 0 Å². The Morgan fingerprint density at radius 2 is 2.00 bits per heavy atom. The van der Waals surface area contributed by atoms with Crippen molar-refractivity contribution in [1.82, 2.24) is 5.32 Å². The summed E-state index contributed by atoms with van der Waals surface area (Å²) in [6.45, 7) is 1.83. The molecule has 3 nitrogen and oxygen atoms in total. The van der Waals surface area contributed by atoms with Gasteiger partial charge in [-0.2, -0.15) is 0 Å². The van der Waals surface area contributed by atoms with Gasteiger partial charge in [-0.05, 0) is 36.2 Å². The van der Waals surface area contributed by atoms with Crippen LogP contribution in [0.15, 0.2) is 24.3 Å². The number of benzene rings is 1. The predicted octanol–water partition coefficient (Wildman–Crippen LogP) is 1.47. The minimum Gasteiger partial charge on any atom is -0.504 e. The predicted molar refractivity (Wildman–Crippen MR) is 55.2 cm³/mol. The van der Waals surface area contributed by atoms with E-state index >= 15 is 0 Å². The molecule has 1 aromatic rings. The van der Waals surface area contributed by atoms with E-state index in [9.17, 15) is 5.11 Å². The van der Waals surface area contributed by atoms with Gasteiger partial charge >= 0.3 is 0 Å². The Balaban J connectivity index is 2.32. The number of nitrogens with one attached hydrogen (secondary N) is 1. The number of aromatic hydroxyl groups is 2. The van der Waals surface area contributed by atoms with Crippen LogP contribution in [0, 0.1) is 0 Å². The van der Waals surface area contributed by atoms with Gasteiger partial charge in [-0.15, -0.1) is 0 Å². The first-order chi connectivity index (χ1) is 6.77. The van der Waals surface area contributed by atoms with Crippen LogP contribution in [-0.4, -0.2) is 23.3 Å². The Morgan fingerprint density at radius 3 is 2.64 bits per heavy atom. The number of rotatable bonds is 1. The number of hydrogen-bond donors (Lipinski definition) is 3. The first-order valence-corrected chi connectivity index (χ1v) is 4.69. The minimum absolute atomic E-state index is 0.0611. The normalized spacial score (nSPS) is 16.4. The van der Waals surface area contributed by atoms with Crippen molar-refractivity contribution >= 4 is 5.57 Å². The molecule has 1 aromatic carbocycles. The van der Waals surface area contributed by atoms with Gasteiger partial charge in [0.15, 0.2) is 11.5 Å². The van der Waals surface area contributed by atoms with Crippen molar-refractivity contribution in [2.24, 2.45) is 0 Å². The Morgan fingerprint density at radius 1 is 1.14 bits per heavy atom. The molecule has 1 aliphatic heterocycles. The molecule has 3 N–H and O–H groups in total. The summed E-state index contributed by atoms with van der Waals surface area (Å²) in [5, 5.41) is 21.7. The van der Waals surface area contributed by atoms with Gasteiger partial charge in [-0.3, -0.25) is 0 Å². The molecule has 0 saturated heterocycles.